The number of hydrogen-bond acceptors (Lipinski definition) is 0. The van der Waals surface area contributed by atoms with E-state index in [1.54, 1.807) is 0 Å². The molecule has 4 heteroatoms. The molecule has 0 radical (unpaired) electrons. The average molecular weight is 390 g/mol. The van der Waals surface area contributed by atoms with Crippen molar-refractivity contribution in [1.29, 1.82) is 0 Å². The maximum atomic E-state index is 13.8. The zero-order valence-corrected chi connectivity index (χ0v) is 13.4. The van der Waals surface area contributed by atoms with Crippen LogP contribution in [-0.2, 0) is 6.42 Å². The van der Waals surface area contributed by atoms with Gasteiger partial charge in [0, 0.05) is 14.9 Å². The van der Waals surface area contributed by atoms with E-state index in [0.29, 0.717) is 10.9 Å². The summed E-state index contributed by atoms with van der Waals surface area (Å²) < 4.78 is 28.1. The maximum absolute atomic E-state index is 13.8. The van der Waals surface area contributed by atoms with Crippen LogP contribution in [0.3, 0.4) is 0 Å². The van der Waals surface area contributed by atoms with Crippen LogP contribution >= 0.6 is 31.9 Å². The molecule has 0 spiro atoms. The zero-order valence-electron chi connectivity index (χ0n) is 10.3. The molecule has 0 aliphatic carbocycles. The summed E-state index contributed by atoms with van der Waals surface area (Å²) in [6, 6.07) is 10.5. The van der Waals surface area contributed by atoms with Crippen LogP contribution in [0.4, 0.5) is 8.78 Å². The SMILES string of the molecule is Cc1ccc(CC(Br)c2c(F)cc(Br)cc2F)cc1. The van der Waals surface area contributed by atoms with Gasteiger partial charge in [0.2, 0.25) is 0 Å². The number of benzene rings is 2. The van der Waals surface area contributed by atoms with Gasteiger partial charge in [-0.25, -0.2) is 8.78 Å². The average Bonchev–Trinajstić information content (AvgIpc) is 2.30. The third-order valence-electron chi connectivity index (χ3n) is 2.89. The highest BCUT2D eigenvalue weighted by Crippen LogP contribution is 2.32. The number of rotatable bonds is 3. The molecule has 0 N–H and O–H groups in total. The van der Waals surface area contributed by atoms with Gasteiger partial charge >= 0.3 is 0 Å². The molecular formula is C15H12Br2F2. The van der Waals surface area contributed by atoms with Crippen LogP contribution in [0.1, 0.15) is 21.5 Å². The molecule has 1 unspecified atom stereocenters. The lowest BCUT2D eigenvalue weighted by Gasteiger charge is -2.13. The molecule has 0 nitrogen and oxygen atoms in total. The van der Waals surface area contributed by atoms with E-state index >= 15 is 0 Å². The van der Waals surface area contributed by atoms with Gasteiger partial charge in [0.25, 0.3) is 0 Å². The lowest BCUT2D eigenvalue weighted by molar-refractivity contribution is 0.552. The standard InChI is InChI=1S/C15H12Br2F2/c1-9-2-4-10(5-3-9)6-12(17)15-13(18)7-11(16)8-14(15)19/h2-5,7-8,12H,6H2,1H3. The van der Waals surface area contributed by atoms with Gasteiger partial charge < -0.3 is 0 Å². The molecule has 0 amide bonds. The van der Waals surface area contributed by atoms with Gasteiger partial charge in [-0.15, -0.1) is 0 Å². The van der Waals surface area contributed by atoms with E-state index < -0.39 is 11.6 Å². The first-order valence-electron chi connectivity index (χ1n) is 5.81. The van der Waals surface area contributed by atoms with Gasteiger partial charge in [-0.05, 0) is 31.0 Å². The molecule has 2 rings (SSSR count). The Bertz CT molecular complexity index is 556. The number of alkyl halides is 1. The lowest BCUT2D eigenvalue weighted by Crippen LogP contribution is -2.02. The van der Waals surface area contributed by atoms with Crippen molar-refractivity contribution >= 4 is 31.9 Å². The van der Waals surface area contributed by atoms with Gasteiger partial charge in [0.05, 0.1) is 0 Å². The molecule has 0 saturated carbocycles. The quantitative estimate of drug-likeness (QED) is 0.589. The molecule has 0 bridgehead atoms. The van der Waals surface area contributed by atoms with Gasteiger partial charge in [-0.3, -0.25) is 0 Å². The van der Waals surface area contributed by atoms with Crippen LogP contribution in [0, 0.1) is 18.6 Å². The predicted octanol–water partition coefficient (Wildman–Crippen LogP) is 5.71. The Morgan fingerprint density at radius 2 is 1.58 bits per heavy atom. The van der Waals surface area contributed by atoms with Crippen molar-refractivity contribution in [3.05, 3.63) is 69.2 Å². The first-order chi connectivity index (χ1) is 8.97. The fraction of sp³-hybridized carbons (Fsp3) is 0.200. The Labute approximate surface area is 128 Å². The predicted molar refractivity (Wildman–Crippen MR) is 80.6 cm³/mol. The topological polar surface area (TPSA) is 0 Å². The van der Waals surface area contributed by atoms with Gasteiger partial charge in [0.1, 0.15) is 11.6 Å². The maximum Gasteiger partial charge on any atom is 0.131 e. The number of aryl methyl sites for hydroxylation is 1. The third-order valence-corrected chi connectivity index (χ3v) is 4.13. The van der Waals surface area contributed by atoms with Crippen LogP contribution in [-0.4, -0.2) is 0 Å². The number of halogens is 4. The fourth-order valence-electron chi connectivity index (χ4n) is 1.89. The van der Waals surface area contributed by atoms with Gasteiger partial charge in [-0.2, -0.15) is 0 Å². The van der Waals surface area contributed by atoms with E-state index in [1.165, 1.54) is 12.1 Å². The third kappa shape index (κ3) is 3.63. The summed E-state index contributed by atoms with van der Waals surface area (Å²) in [5, 5.41) is 0. The molecule has 0 saturated heterocycles. The van der Waals surface area contributed by atoms with E-state index in [0.717, 1.165) is 11.1 Å². The Hall–Kier alpha value is -0.740. The minimum atomic E-state index is -0.541. The van der Waals surface area contributed by atoms with Crippen LogP contribution in [0.25, 0.3) is 0 Å². The van der Waals surface area contributed by atoms with Crippen molar-refractivity contribution in [3.63, 3.8) is 0 Å². The molecule has 0 aliphatic heterocycles. The van der Waals surface area contributed by atoms with E-state index in [9.17, 15) is 8.78 Å². The molecule has 0 fully saturated rings. The Balaban J connectivity index is 2.25. The lowest BCUT2D eigenvalue weighted by atomic mass is 10.0. The van der Waals surface area contributed by atoms with Crippen molar-refractivity contribution in [2.75, 3.05) is 0 Å². The van der Waals surface area contributed by atoms with Crippen LogP contribution in [0.5, 0.6) is 0 Å². The first-order valence-corrected chi connectivity index (χ1v) is 7.52. The van der Waals surface area contributed by atoms with Crippen molar-refractivity contribution < 1.29 is 8.78 Å². The second-order valence-electron chi connectivity index (χ2n) is 4.44. The Morgan fingerprint density at radius 3 is 2.11 bits per heavy atom. The van der Waals surface area contributed by atoms with Crippen molar-refractivity contribution in [2.24, 2.45) is 0 Å². The summed E-state index contributed by atoms with van der Waals surface area (Å²) in [5.74, 6) is -1.08. The van der Waals surface area contributed by atoms with E-state index in [4.69, 9.17) is 0 Å². The highest BCUT2D eigenvalue weighted by molar-refractivity contribution is 9.10. The van der Waals surface area contributed by atoms with Gasteiger partial charge in [0.15, 0.2) is 0 Å². The second kappa shape index (κ2) is 6.14. The smallest absolute Gasteiger partial charge is 0.131 e. The molecule has 2 aromatic carbocycles. The molecule has 0 heterocycles. The second-order valence-corrected chi connectivity index (χ2v) is 6.46. The van der Waals surface area contributed by atoms with E-state index in [1.807, 2.05) is 31.2 Å². The van der Waals surface area contributed by atoms with E-state index in [2.05, 4.69) is 31.9 Å². The van der Waals surface area contributed by atoms with Crippen molar-refractivity contribution in [1.82, 2.24) is 0 Å². The molecule has 0 aliphatic rings. The summed E-state index contributed by atoms with van der Waals surface area (Å²) >= 11 is 6.45. The van der Waals surface area contributed by atoms with Crippen molar-refractivity contribution in [2.45, 2.75) is 18.2 Å². The molecule has 19 heavy (non-hydrogen) atoms. The largest absolute Gasteiger partial charge is 0.207 e. The number of hydrogen-bond donors (Lipinski definition) is 0. The van der Waals surface area contributed by atoms with Crippen LogP contribution in [0.15, 0.2) is 40.9 Å². The Morgan fingerprint density at radius 1 is 1.05 bits per heavy atom. The summed E-state index contributed by atoms with van der Waals surface area (Å²) in [5.41, 5.74) is 2.27. The normalized spacial score (nSPS) is 12.5. The first kappa shape index (κ1) is 14.7. The molecular weight excluding hydrogens is 378 g/mol. The van der Waals surface area contributed by atoms with Crippen LogP contribution in [0.2, 0.25) is 0 Å². The summed E-state index contributed by atoms with van der Waals surface area (Å²) in [6.45, 7) is 2.00. The minimum Gasteiger partial charge on any atom is -0.207 e. The molecule has 1 atom stereocenters. The van der Waals surface area contributed by atoms with Crippen molar-refractivity contribution in [3.8, 4) is 0 Å². The Kier molecular flexibility index (Phi) is 4.74. The summed E-state index contributed by atoms with van der Waals surface area (Å²) in [4.78, 5) is -0.386. The highest BCUT2D eigenvalue weighted by atomic mass is 79.9. The van der Waals surface area contributed by atoms with Gasteiger partial charge in [-0.1, -0.05) is 61.7 Å². The highest BCUT2D eigenvalue weighted by Gasteiger charge is 2.19. The summed E-state index contributed by atoms with van der Waals surface area (Å²) in [6.07, 6.45) is 0.537. The molecule has 0 aromatic heterocycles. The van der Waals surface area contributed by atoms with Crippen LogP contribution < -0.4 is 0 Å². The monoisotopic (exact) mass is 388 g/mol. The fourth-order valence-corrected chi connectivity index (χ4v) is 3.10. The molecule has 2 aromatic rings. The summed E-state index contributed by atoms with van der Waals surface area (Å²) in [7, 11) is 0. The minimum absolute atomic E-state index is 0.0729. The molecule has 100 valence electrons. The zero-order chi connectivity index (χ0) is 14.0. The van der Waals surface area contributed by atoms with E-state index in [-0.39, 0.29) is 10.4 Å².